The minimum Gasteiger partial charge on any atom is -0.473 e. The smallest absolute Gasteiger partial charge is 0.414 e. The Kier molecular flexibility index (Phi) is 9.41. The summed E-state index contributed by atoms with van der Waals surface area (Å²) >= 11 is 0. The summed E-state index contributed by atoms with van der Waals surface area (Å²) in [5, 5.41) is 14.8. The van der Waals surface area contributed by atoms with Gasteiger partial charge in [-0.15, -0.1) is 0 Å². The summed E-state index contributed by atoms with van der Waals surface area (Å²) < 4.78 is 12.6. The Balaban J connectivity index is 0.000000567. The second kappa shape index (κ2) is 10.5. The third-order valence-corrected chi connectivity index (χ3v) is 2.60. The first-order valence-electron chi connectivity index (χ1n) is 6.59. The number of Topliss-reactive ketones (excluding diaryl/α,β-unsaturated/α-hetero) is 1. The fraction of sp³-hybridized carbons (Fsp3) is 0.400. The molecule has 0 aliphatic carbocycles. The Hall–Kier alpha value is -2.24. The number of carboxylic acid groups (broad SMARTS) is 2. The van der Waals surface area contributed by atoms with Gasteiger partial charge in [-0.3, -0.25) is 4.79 Å². The van der Waals surface area contributed by atoms with Crippen LogP contribution in [0, 0.1) is 5.82 Å². The van der Waals surface area contributed by atoms with Gasteiger partial charge in [-0.25, -0.2) is 14.0 Å². The fourth-order valence-corrected chi connectivity index (χ4v) is 1.43. The summed E-state index contributed by atoms with van der Waals surface area (Å²) in [7, 11) is 0. The van der Waals surface area contributed by atoms with E-state index in [1.807, 2.05) is 0 Å². The lowest BCUT2D eigenvalue weighted by atomic mass is 10.0. The van der Waals surface area contributed by atoms with Crippen molar-refractivity contribution in [2.45, 2.75) is 39.0 Å². The number of aliphatic carboxylic acids is 2. The highest BCUT2D eigenvalue weighted by Gasteiger charge is 2.04. The van der Waals surface area contributed by atoms with E-state index in [0.29, 0.717) is 18.6 Å². The number of rotatable bonds is 6. The van der Waals surface area contributed by atoms with Crippen LogP contribution in [0.2, 0.25) is 0 Å². The molecule has 0 atom stereocenters. The summed E-state index contributed by atoms with van der Waals surface area (Å²) in [6.07, 6.45) is 4.01. The van der Waals surface area contributed by atoms with E-state index in [0.717, 1.165) is 24.8 Å². The van der Waals surface area contributed by atoms with Crippen molar-refractivity contribution in [1.29, 1.82) is 0 Å². The molecule has 0 aromatic heterocycles. The molecule has 0 spiro atoms. The topological polar surface area (TPSA) is 91.7 Å². The predicted molar refractivity (Wildman–Crippen MR) is 74.5 cm³/mol. The summed E-state index contributed by atoms with van der Waals surface area (Å²) in [5.41, 5.74) is 1.03. The number of halogens is 1. The van der Waals surface area contributed by atoms with Crippen molar-refractivity contribution in [2.75, 3.05) is 0 Å². The van der Waals surface area contributed by atoms with Gasteiger partial charge < -0.3 is 10.2 Å². The van der Waals surface area contributed by atoms with Crippen molar-refractivity contribution in [3.8, 4) is 0 Å². The highest BCUT2D eigenvalue weighted by atomic mass is 19.1. The molecule has 116 valence electrons. The first-order valence-corrected chi connectivity index (χ1v) is 6.59. The third kappa shape index (κ3) is 10.2. The molecule has 5 nitrogen and oxygen atoms in total. The van der Waals surface area contributed by atoms with E-state index in [4.69, 9.17) is 19.8 Å². The van der Waals surface area contributed by atoms with Crippen LogP contribution < -0.4 is 0 Å². The molecule has 0 saturated heterocycles. The summed E-state index contributed by atoms with van der Waals surface area (Å²) in [6, 6.07) is 6.35. The molecule has 1 aromatic carbocycles. The molecule has 0 radical (unpaired) electrons. The van der Waals surface area contributed by atoms with Crippen LogP contribution in [0.15, 0.2) is 24.3 Å². The van der Waals surface area contributed by atoms with E-state index in [1.54, 1.807) is 12.1 Å². The SMILES string of the molecule is CCCCC(=O)CCc1ccc(F)cc1.O=C(O)C(=O)O. The van der Waals surface area contributed by atoms with Gasteiger partial charge in [0.15, 0.2) is 0 Å². The molecule has 0 bridgehead atoms. The number of hydrogen-bond donors (Lipinski definition) is 2. The largest absolute Gasteiger partial charge is 0.473 e. The molecular formula is C15H19FO5. The number of unbranched alkanes of at least 4 members (excludes halogenated alkanes) is 1. The van der Waals surface area contributed by atoms with Gasteiger partial charge in [-0.1, -0.05) is 25.5 Å². The average Bonchev–Trinajstić information content (AvgIpc) is 2.45. The minimum absolute atomic E-state index is 0.226. The Morgan fingerprint density at radius 3 is 1.95 bits per heavy atom. The molecule has 1 rings (SSSR count). The summed E-state index contributed by atoms with van der Waals surface area (Å²) in [5.74, 6) is -3.57. The lowest BCUT2D eigenvalue weighted by Crippen LogP contribution is -2.09. The van der Waals surface area contributed by atoms with E-state index in [2.05, 4.69) is 6.92 Å². The van der Waals surface area contributed by atoms with Gasteiger partial charge in [0.25, 0.3) is 0 Å². The van der Waals surface area contributed by atoms with Crippen LogP contribution in [0.4, 0.5) is 4.39 Å². The summed E-state index contributed by atoms with van der Waals surface area (Å²) in [4.78, 5) is 29.6. The average molecular weight is 298 g/mol. The zero-order valence-electron chi connectivity index (χ0n) is 11.8. The quantitative estimate of drug-likeness (QED) is 0.788. The lowest BCUT2D eigenvalue weighted by Gasteiger charge is -2.00. The van der Waals surface area contributed by atoms with Gasteiger partial charge in [-0.2, -0.15) is 0 Å². The molecule has 0 aliphatic heterocycles. The van der Waals surface area contributed by atoms with Crippen molar-refractivity contribution in [3.05, 3.63) is 35.6 Å². The van der Waals surface area contributed by atoms with E-state index >= 15 is 0 Å². The maximum absolute atomic E-state index is 12.6. The maximum Gasteiger partial charge on any atom is 0.414 e. The standard InChI is InChI=1S/C13H17FO.C2H2O4/c1-2-3-4-13(15)10-7-11-5-8-12(14)9-6-11;3-1(4)2(5)6/h5-6,8-9H,2-4,7,10H2,1H3;(H,3,4)(H,5,6). The molecule has 0 unspecified atom stereocenters. The number of carbonyl (C=O) groups is 3. The number of aryl methyl sites for hydroxylation is 1. The fourth-order valence-electron chi connectivity index (χ4n) is 1.43. The number of carboxylic acids is 2. The van der Waals surface area contributed by atoms with Crippen LogP contribution in [0.1, 0.15) is 38.2 Å². The zero-order chi connectivity index (χ0) is 16.3. The minimum atomic E-state index is -1.82. The second-order valence-electron chi connectivity index (χ2n) is 4.38. The molecule has 21 heavy (non-hydrogen) atoms. The molecule has 6 heteroatoms. The van der Waals surface area contributed by atoms with Crippen LogP contribution >= 0.6 is 0 Å². The number of benzene rings is 1. The molecule has 0 amide bonds. The van der Waals surface area contributed by atoms with E-state index in [1.165, 1.54) is 12.1 Å². The van der Waals surface area contributed by atoms with E-state index < -0.39 is 11.9 Å². The van der Waals surface area contributed by atoms with Crippen molar-refractivity contribution < 1.29 is 29.0 Å². The Morgan fingerprint density at radius 1 is 1.00 bits per heavy atom. The van der Waals surface area contributed by atoms with Crippen molar-refractivity contribution in [2.24, 2.45) is 0 Å². The van der Waals surface area contributed by atoms with Gasteiger partial charge in [0.1, 0.15) is 11.6 Å². The molecule has 0 aliphatic rings. The highest BCUT2D eigenvalue weighted by molar-refractivity contribution is 6.27. The van der Waals surface area contributed by atoms with E-state index in [-0.39, 0.29) is 5.82 Å². The van der Waals surface area contributed by atoms with Crippen LogP contribution in [0.3, 0.4) is 0 Å². The van der Waals surface area contributed by atoms with Gasteiger partial charge in [0.2, 0.25) is 0 Å². The maximum atomic E-state index is 12.6. The molecule has 1 aromatic rings. The lowest BCUT2D eigenvalue weighted by molar-refractivity contribution is -0.159. The molecule has 0 fully saturated rings. The molecular weight excluding hydrogens is 279 g/mol. The Bertz CT molecular complexity index is 455. The van der Waals surface area contributed by atoms with Gasteiger partial charge in [0.05, 0.1) is 0 Å². The highest BCUT2D eigenvalue weighted by Crippen LogP contribution is 2.07. The normalized spacial score (nSPS) is 9.43. The number of carbonyl (C=O) groups excluding carboxylic acids is 1. The molecule has 0 heterocycles. The van der Waals surface area contributed by atoms with Crippen molar-refractivity contribution in [1.82, 2.24) is 0 Å². The Morgan fingerprint density at radius 2 is 1.52 bits per heavy atom. The predicted octanol–water partition coefficient (Wildman–Crippen LogP) is 2.67. The monoisotopic (exact) mass is 298 g/mol. The van der Waals surface area contributed by atoms with Crippen molar-refractivity contribution in [3.63, 3.8) is 0 Å². The zero-order valence-corrected chi connectivity index (χ0v) is 11.8. The Labute approximate surface area is 122 Å². The number of ketones is 1. The third-order valence-electron chi connectivity index (χ3n) is 2.60. The van der Waals surface area contributed by atoms with Crippen LogP contribution in [-0.4, -0.2) is 27.9 Å². The van der Waals surface area contributed by atoms with E-state index in [9.17, 15) is 9.18 Å². The van der Waals surface area contributed by atoms with Gasteiger partial charge >= 0.3 is 11.9 Å². The van der Waals surface area contributed by atoms with Gasteiger partial charge in [-0.05, 0) is 30.5 Å². The second-order valence-corrected chi connectivity index (χ2v) is 4.38. The van der Waals surface area contributed by atoms with Crippen LogP contribution in [0.5, 0.6) is 0 Å². The summed E-state index contributed by atoms with van der Waals surface area (Å²) in [6.45, 7) is 2.08. The molecule has 0 saturated carbocycles. The number of hydrogen-bond acceptors (Lipinski definition) is 3. The van der Waals surface area contributed by atoms with Gasteiger partial charge in [0, 0.05) is 12.8 Å². The first kappa shape index (κ1) is 18.8. The first-order chi connectivity index (χ1) is 9.86. The van der Waals surface area contributed by atoms with Crippen LogP contribution in [0.25, 0.3) is 0 Å². The van der Waals surface area contributed by atoms with Crippen molar-refractivity contribution >= 4 is 17.7 Å². The molecule has 2 N–H and O–H groups in total. The van der Waals surface area contributed by atoms with Crippen LogP contribution in [-0.2, 0) is 20.8 Å².